The number of carbonyl (C=O) groups excluding carboxylic acids is 1. The smallest absolute Gasteiger partial charge is 0.191 e. The molecule has 0 saturated carbocycles. The molecule has 2 rings (SSSR count). The van der Waals surface area contributed by atoms with E-state index in [9.17, 15) is 9.90 Å². The third-order valence-electron chi connectivity index (χ3n) is 3.55. The summed E-state index contributed by atoms with van der Waals surface area (Å²) in [5.74, 6) is -0.275. The van der Waals surface area contributed by atoms with Crippen LogP contribution < -0.4 is 0 Å². The minimum Gasteiger partial charge on any atom is -0.385 e. The Bertz CT molecular complexity index is 505. The monoisotopic (exact) mass is 286 g/mol. The van der Waals surface area contributed by atoms with E-state index >= 15 is 0 Å². The summed E-state index contributed by atoms with van der Waals surface area (Å²) in [5, 5.41) is 16.4. The summed E-state index contributed by atoms with van der Waals surface area (Å²) in [6, 6.07) is 8.82. The molecule has 1 aliphatic rings. The van der Waals surface area contributed by atoms with Crippen molar-refractivity contribution < 1.29 is 9.90 Å². The first-order valence-corrected chi connectivity index (χ1v) is 7.41. The molecule has 4 heteroatoms. The number of piperidine rings is 1. The Labute approximate surface area is 125 Å². The van der Waals surface area contributed by atoms with Gasteiger partial charge in [-0.25, -0.2) is 0 Å². The Morgan fingerprint density at radius 1 is 1.29 bits per heavy atom. The molecule has 112 valence electrons. The van der Waals surface area contributed by atoms with Crippen molar-refractivity contribution in [2.45, 2.75) is 31.8 Å². The fourth-order valence-electron chi connectivity index (χ4n) is 2.34. The molecule has 0 unspecified atom stereocenters. The summed E-state index contributed by atoms with van der Waals surface area (Å²) in [5.41, 5.74) is 1.18. The lowest BCUT2D eigenvalue weighted by Crippen LogP contribution is -2.25. The largest absolute Gasteiger partial charge is 0.385 e. The average Bonchev–Trinajstić information content (AvgIpc) is 2.54. The predicted molar refractivity (Wildman–Crippen MR) is 84.5 cm³/mol. The molecule has 1 fully saturated rings. The number of aliphatic hydroxyl groups excluding tert-OH is 1. The minimum atomic E-state index is -1.06. The van der Waals surface area contributed by atoms with Gasteiger partial charge in [0.25, 0.3) is 0 Å². The van der Waals surface area contributed by atoms with Crippen molar-refractivity contribution in [3.63, 3.8) is 0 Å². The molecular formula is C17H22N2O2. The number of aliphatic hydroxyl groups is 1. The molecule has 1 atom stereocenters. The molecule has 1 aromatic rings. The number of carbonyl (C=O) groups is 1. The van der Waals surface area contributed by atoms with E-state index in [-0.39, 0.29) is 12.2 Å². The Hall–Kier alpha value is -1.94. The summed E-state index contributed by atoms with van der Waals surface area (Å²) in [6.45, 7) is 5.80. The topological polar surface area (TPSA) is 52.9 Å². The predicted octanol–water partition coefficient (Wildman–Crippen LogP) is 2.65. The number of hydrogen-bond donors (Lipinski definition) is 1. The van der Waals surface area contributed by atoms with E-state index in [1.54, 1.807) is 30.5 Å². The lowest BCUT2D eigenvalue weighted by molar-refractivity contribution is 0.0750. The van der Waals surface area contributed by atoms with Gasteiger partial charge in [-0.05, 0) is 24.8 Å². The van der Waals surface area contributed by atoms with Gasteiger partial charge in [0.15, 0.2) is 5.78 Å². The van der Waals surface area contributed by atoms with Gasteiger partial charge in [0, 0.05) is 31.3 Å². The molecule has 0 aliphatic carbocycles. The third-order valence-corrected chi connectivity index (χ3v) is 3.55. The van der Waals surface area contributed by atoms with Gasteiger partial charge in [0.1, 0.15) is 6.10 Å². The average molecular weight is 286 g/mol. The lowest BCUT2D eigenvalue weighted by atomic mass is 10.0. The first-order valence-electron chi connectivity index (χ1n) is 7.41. The third kappa shape index (κ3) is 4.83. The quantitative estimate of drug-likeness (QED) is 0.646. The van der Waals surface area contributed by atoms with Crippen LogP contribution in [0.3, 0.4) is 0 Å². The number of nitrogens with zero attached hydrogens (tertiary/aromatic N) is 2. The highest BCUT2D eigenvalue weighted by atomic mass is 16.3. The molecule has 1 N–H and O–H groups in total. The number of ketones is 1. The van der Waals surface area contributed by atoms with Crippen molar-refractivity contribution in [3.8, 4) is 0 Å². The van der Waals surface area contributed by atoms with Gasteiger partial charge in [-0.1, -0.05) is 36.9 Å². The maximum Gasteiger partial charge on any atom is 0.191 e. The molecule has 4 nitrogen and oxygen atoms in total. The lowest BCUT2D eigenvalue weighted by Gasteiger charge is -2.23. The molecule has 0 spiro atoms. The molecule has 0 aromatic heterocycles. The number of Topliss-reactive ketones (excluding diaryl/α,β-unsaturated/α-hetero) is 1. The van der Waals surface area contributed by atoms with E-state index in [4.69, 9.17) is 0 Å². The van der Waals surface area contributed by atoms with Gasteiger partial charge in [0.05, 0.1) is 0 Å². The van der Waals surface area contributed by atoms with Crippen LogP contribution in [0.2, 0.25) is 0 Å². The van der Waals surface area contributed by atoms with Crippen LogP contribution in [0, 0.1) is 0 Å². The van der Waals surface area contributed by atoms with E-state index in [0.29, 0.717) is 11.1 Å². The minimum absolute atomic E-state index is 0.213. The summed E-state index contributed by atoms with van der Waals surface area (Å²) in [6.07, 6.45) is 4.40. The number of hydrogen-bond acceptors (Lipinski definition) is 4. The van der Waals surface area contributed by atoms with E-state index < -0.39 is 6.10 Å². The molecule has 0 amide bonds. The molecule has 1 aliphatic heterocycles. The normalized spacial score (nSPS) is 16.9. The van der Waals surface area contributed by atoms with Gasteiger partial charge < -0.3 is 5.11 Å². The second kappa shape index (κ2) is 7.74. The first kappa shape index (κ1) is 15.4. The van der Waals surface area contributed by atoms with Crippen LogP contribution in [0.1, 0.15) is 36.0 Å². The number of benzene rings is 1. The fourth-order valence-corrected chi connectivity index (χ4v) is 2.34. The van der Waals surface area contributed by atoms with Gasteiger partial charge in [-0.2, -0.15) is 5.10 Å². The zero-order valence-corrected chi connectivity index (χ0v) is 12.2. The van der Waals surface area contributed by atoms with Crippen molar-refractivity contribution >= 4 is 12.0 Å². The molecule has 0 bridgehead atoms. The van der Waals surface area contributed by atoms with Gasteiger partial charge in [0.2, 0.25) is 0 Å². The van der Waals surface area contributed by atoms with Crippen LogP contribution in [0.4, 0.5) is 0 Å². The summed E-state index contributed by atoms with van der Waals surface area (Å²) in [4.78, 5) is 12.0. The SMILES string of the molecule is C=C(/C=N/N1CCCCC1)C[C@H](O)C(=O)c1ccccc1. The van der Waals surface area contributed by atoms with Crippen LogP contribution in [-0.4, -0.2) is 41.3 Å². The summed E-state index contributed by atoms with van der Waals surface area (Å²) >= 11 is 0. The maximum atomic E-state index is 12.0. The first-order chi connectivity index (χ1) is 10.2. The standard InChI is InChI=1S/C17H22N2O2/c1-14(13-18-19-10-6-3-7-11-19)12-16(20)17(21)15-8-4-2-5-9-15/h2,4-5,8-9,13,16,20H,1,3,6-7,10-12H2/b18-13+/t16-/m0/s1. The number of hydrazone groups is 1. The van der Waals surface area contributed by atoms with Crippen molar-refractivity contribution in [3.05, 3.63) is 48.0 Å². The molecule has 0 radical (unpaired) electrons. The van der Waals surface area contributed by atoms with E-state index in [1.165, 1.54) is 19.3 Å². The van der Waals surface area contributed by atoms with Gasteiger partial charge in [-0.15, -0.1) is 0 Å². The van der Waals surface area contributed by atoms with E-state index in [2.05, 4.69) is 11.7 Å². The Kier molecular flexibility index (Phi) is 5.69. The maximum absolute atomic E-state index is 12.0. The zero-order valence-electron chi connectivity index (χ0n) is 12.2. The zero-order chi connectivity index (χ0) is 15.1. The van der Waals surface area contributed by atoms with Crippen LogP contribution in [0.5, 0.6) is 0 Å². The van der Waals surface area contributed by atoms with E-state index in [1.807, 2.05) is 11.1 Å². The highest BCUT2D eigenvalue weighted by molar-refractivity contribution is 5.99. The highest BCUT2D eigenvalue weighted by Crippen LogP contribution is 2.11. The van der Waals surface area contributed by atoms with Gasteiger partial charge in [-0.3, -0.25) is 9.80 Å². The van der Waals surface area contributed by atoms with Crippen LogP contribution >= 0.6 is 0 Å². The summed E-state index contributed by atoms with van der Waals surface area (Å²) in [7, 11) is 0. The molecule has 1 saturated heterocycles. The van der Waals surface area contributed by atoms with Crippen molar-refractivity contribution in [1.82, 2.24) is 5.01 Å². The van der Waals surface area contributed by atoms with Gasteiger partial charge >= 0.3 is 0 Å². The second-order valence-corrected chi connectivity index (χ2v) is 5.37. The van der Waals surface area contributed by atoms with Crippen molar-refractivity contribution in [2.24, 2.45) is 5.10 Å². The van der Waals surface area contributed by atoms with Crippen LogP contribution in [0.15, 0.2) is 47.6 Å². The fraction of sp³-hybridized carbons (Fsp3) is 0.412. The molecular weight excluding hydrogens is 264 g/mol. The van der Waals surface area contributed by atoms with Crippen LogP contribution in [0.25, 0.3) is 0 Å². The van der Waals surface area contributed by atoms with Crippen molar-refractivity contribution in [2.75, 3.05) is 13.1 Å². The Balaban J connectivity index is 1.84. The molecule has 1 heterocycles. The number of rotatable bonds is 6. The second-order valence-electron chi connectivity index (χ2n) is 5.37. The summed E-state index contributed by atoms with van der Waals surface area (Å²) < 4.78 is 0. The van der Waals surface area contributed by atoms with E-state index in [0.717, 1.165) is 13.1 Å². The molecule has 1 aromatic carbocycles. The Morgan fingerprint density at radius 3 is 2.62 bits per heavy atom. The molecule has 21 heavy (non-hydrogen) atoms. The Morgan fingerprint density at radius 2 is 1.95 bits per heavy atom. The van der Waals surface area contributed by atoms with Crippen LogP contribution in [-0.2, 0) is 0 Å². The van der Waals surface area contributed by atoms with Crippen molar-refractivity contribution in [1.29, 1.82) is 0 Å². The highest BCUT2D eigenvalue weighted by Gasteiger charge is 2.17.